The van der Waals surface area contributed by atoms with Gasteiger partial charge < -0.3 is 5.32 Å². The lowest BCUT2D eigenvalue weighted by atomic mass is 10.2. The van der Waals surface area contributed by atoms with E-state index in [9.17, 15) is 0 Å². The van der Waals surface area contributed by atoms with Crippen molar-refractivity contribution in [3.63, 3.8) is 0 Å². The zero-order chi connectivity index (χ0) is 11.3. The Morgan fingerprint density at radius 2 is 2.13 bits per heavy atom. The smallest absolute Gasteiger partial charge is 0.0429 e. The highest BCUT2D eigenvalue weighted by atomic mass is 79.9. The third-order valence-electron chi connectivity index (χ3n) is 2.10. The van der Waals surface area contributed by atoms with E-state index < -0.39 is 0 Å². The Kier molecular flexibility index (Phi) is 6.27. The molecule has 1 aromatic rings. The topological polar surface area (TPSA) is 12.0 Å². The molecule has 0 fully saturated rings. The highest BCUT2D eigenvalue weighted by Gasteiger charge is 2.13. The third kappa shape index (κ3) is 4.47. The lowest BCUT2D eigenvalue weighted by molar-refractivity contribution is 0.659. The minimum absolute atomic E-state index is 0.467. The van der Waals surface area contributed by atoms with Crippen LogP contribution in [0, 0.1) is 5.92 Å². The fraction of sp³-hybridized carbons (Fsp3) is 0.636. The van der Waals surface area contributed by atoms with Gasteiger partial charge in [-0.1, -0.05) is 13.8 Å². The second kappa shape index (κ2) is 6.94. The van der Waals surface area contributed by atoms with Gasteiger partial charge in [0.05, 0.1) is 0 Å². The van der Waals surface area contributed by atoms with E-state index in [2.05, 4.69) is 45.9 Å². The highest BCUT2D eigenvalue weighted by molar-refractivity contribution is 9.10. The largest absolute Gasteiger partial charge is 0.312 e. The molecule has 0 radical (unpaired) electrons. The summed E-state index contributed by atoms with van der Waals surface area (Å²) in [4.78, 5) is 0. The standard InChI is InChI=1S/C11H18BrNS2/c1-8(2)4-14-7-11(13-3)9-5-15-6-10(9)12/h5-6,8,11,13H,4,7H2,1-3H3. The van der Waals surface area contributed by atoms with Crippen LogP contribution in [0.15, 0.2) is 15.2 Å². The van der Waals surface area contributed by atoms with Crippen LogP contribution in [0.4, 0.5) is 0 Å². The SMILES string of the molecule is CNC(CSCC(C)C)c1cscc1Br. The fourth-order valence-electron chi connectivity index (χ4n) is 1.29. The van der Waals surface area contributed by atoms with Crippen LogP contribution < -0.4 is 5.32 Å². The van der Waals surface area contributed by atoms with Crippen LogP contribution >= 0.6 is 39.0 Å². The molecular formula is C11H18BrNS2. The van der Waals surface area contributed by atoms with Crippen LogP contribution in [-0.2, 0) is 0 Å². The number of halogens is 1. The maximum absolute atomic E-state index is 3.59. The molecule has 0 saturated carbocycles. The minimum Gasteiger partial charge on any atom is -0.312 e. The molecule has 4 heteroatoms. The Morgan fingerprint density at radius 1 is 1.40 bits per heavy atom. The molecule has 0 aliphatic heterocycles. The zero-order valence-electron chi connectivity index (χ0n) is 9.42. The molecule has 1 heterocycles. The summed E-state index contributed by atoms with van der Waals surface area (Å²) in [5.41, 5.74) is 1.39. The van der Waals surface area contributed by atoms with Gasteiger partial charge in [0.25, 0.3) is 0 Å². The van der Waals surface area contributed by atoms with Gasteiger partial charge in [0.15, 0.2) is 0 Å². The predicted molar refractivity (Wildman–Crippen MR) is 76.0 cm³/mol. The lowest BCUT2D eigenvalue weighted by Crippen LogP contribution is -2.19. The lowest BCUT2D eigenvalue weighted by Gasteiger charge is -2.16. The van der Waals surface area contributed by atoms with Crippen LogP contribution in [0.1, 0.15) is 25.5 Å². The summed E-state index contributed by atoms with van der Waals surface area (Å²) < 4.78 is 1.23. The summed E-state index contributed by atoms with van der Waals surface area (Å²) in [6.07, 6.45) is 0. The number of thiophene rings is 1. The molecule has 1 nitrogen and oxygen atoms in total. The van der Waals surface area contributed by atoms with Gasteiger partial charge in [-0.2, -0.15) is 23.1 Å². The van der Waals surface area contributed by atoms with Crippen molar-refractivity contribution in [3.05, 3.63) is 20.8 Å². The van der Waals surface area contributed by atoms with Gasteiger partial charge in [0.2, 0.25) is 0 Å². The maximum Gasteiger partial charge on any atom is 0.0429 e. The van der Waals surface area contributed by atoms with Gasteiger partial charge in [0, 0.05) is 21.6 Å². The Hall–Kier alpha value is 0.490. The third-order valence-corrected chi connectivity index (χ3v) is 5.32. The highest BCUT2D eigenvalue weighted by Crippen LogP contribution is 2.29. The molecule has 1 N–H and O–H groups in total. The van der Waals surface area contributed by atoms with Crippen molar-refractivity contribution in [1.29, 1.82) is 0 Å². The van der Waals surface area contributed by atoms with E-state index >= 15 is 0 Å². The van der Waals surface area contributed by atoms with E-state index in [-0.39, 0.29) is 0 Å². The first-order chi connectivity index (χ1) is 7.15. The van der Waals surface area contributed by atoms with E-state index in [0.29, 0.717) is 6.04 Å². The van der Waals surface area contributed by atoms with Gasteiger partial charge in [-0.15, -0.1) is 0 Å². The molecule has 0 saturated heterocycles. The summed E-state index contributed by atoms with van der Waals surface area (Å²) in [6, 6.07) is 0.467. The molecule has 0 aromatic carbocycles. The average Bonchev–Trinajstić information content (AvgIpc) is 2.59. The van der Waals surface area contributed by atoms with Crippen molar-refractivity contribution < 1.29 is 0 Å². The second-order valence-electron chi connectivity index (χ2n) is 3.95. The molecule has 15 heavy (non-hydrogen) atoms. The van der Waals surface area contributed by atoms with Crippen molar-refractivity contribution >= 4 is 39.0 Å². The first-order valence-electron chi connectivity index (χ1n) is 5.11. The van der Waals surface area contributed by atoms with Crippen molar-refractivity contribution in [2.75, 3.05) is 18.6 Å². The van der Waals surface area contributed by atoms with E-state index in [1.54, 1.807) is 11.3 Å². The normalized spacial score (nSPS) is 13.4. The van der Waals surface area contributed by atoms with Gasteiger partial charge in [0.1, 0.15) is 0 Å². The van der Waals surface area contributed by atoms with Crippen LogP contribution in [0.3, 0.4) is 0 Å². The minimum atomic E-state index is 0.467. The van der Waals surface area contributed by atoms with E-state index in [1.807, 2.05) is 18.8 Å². The van der Waals surface area contributed by atoms with Gasteiger partial charge in [-0.3, -0.25) is 0 Å². The summed E-state index contributed by atoms with van der Waals surface area (Å²) in [6.45, 7) is 4.53. The summed E-state index contributed by atoms with van der Waals surface area (Å²) in [5, 5.41) is 7.74. The number of hydrogen-bond acceptors (Lipinski definition) is 3. The van der Waals surface area contributed by atoms with Crippen LogP contribution in [-0.4, -0.2) is 18.6 Å². The molecule has 1 unspecified atom stereocenters. The zero-order valence-corrected chi connectivity index (χ0v) is 12.6. The monoisotopic (exact) mass is 307 g/mol. The number of rotatable bonds is 6. The molecule has 0 aliphatic rings. The average molecular weight is 308 g/mol. The first-order valence-corrected chi connectivity index (χ1v) is 8.00. The summed E-state index contributed by atoms with van der Waals surface area (Å²) in [5.74, 6) is 3.16. The summed E-state index contributed by atoms with van der Waals surface area (Å²) in [7, 11) is 2.03. The van der Waals surface area contributed by atoms with E-state index in [4.69, 9.17) is 0 Å². The Balaban J connectivity index is 2.46. The molecule has 86 valence electrons. The van der Waals surface area contributed by atoms with E-state index in [0.717, 1.165) is 11.7 Å². The van der Waals surface area contributed by atoms with Crippen molar-refractivity contribution in [2.24, 2.45) is 5.92 Å². The quantitative estimate of drug-likeness (QED) is 0.847. The Bertz CT molecular complexity index is 286. The van der Waals surface area contributed by atoms with Gasteiger partial charge in [-0.25, -0.2) is 0 Å². The van der Waals surface area contributed by atoms with Gasteiger partial charge in [-0.05, 0) is 45.6 Å². The number of thioether (sulfide) groups is 1. The molecule has 0 aliphatic carbocycles. The number of nitrogens with one attached hydrogen (secondary N) is 1. The van der Waals surface area contributed by atoms with Crippen molar-refractivity contribution in [1.82, 2.24) is 5.32 Å². The molecule has 1 atom stereocenters. The van der Waals surface area contributed by atoms with Crippen LogP contribution in [0.25, 0.3) is 0 Å². The van der Waals surface area contributed by atoms with Crippen molar-refractivity contribution in [2.45, 2.75) is 19.9 Å². The molecule has 1 aromatic heterocycles. The first kappa shape index (κ1) is 13.6. The maximum atomic E-state index is 3.59. The molecule has 1 rings (SSSR count). The predicted octanol–water partition coefficient (Wildman–Crippen LogP) is 4.16. The summed E-state index contributed by atoms with van der Waals surface area (Å²) >= 11 is 7.37. The molecule has 0 bridgehead atoms. The van der Waals surface area contributed by atoms with Crippen LogP contribution in [0.5, 0.6) is 0 Å². The Morgan fingerprint density at radius 3 is 2.60 bits per heavy atom. The van der Waals surface area contributed by atoms with Gasteiger partial charge >= 0.3 is 0 Å². The molecule has 0 spiro atoms. The Labute approximate surface area is 109 Å². The fourth-order valence-corrected chi connectivity index (χ4v) is 4.11. The molecule has 0 amide bonds. The van der Waals surface area contributed by atoms with Crippen LogP contribution in [0.2, 0.25) is 0 Å². The molecular weight excluding hydrogens is 290 g/mol. The van der Waals surface area contributed by atoms with E-state index in [1.165, 1.54) is 15.8 Å². The number of hydrogen-bond donors (Lipinski definition) is 1. The van der Waals surface area contributed by atoms with Crippen molar-refractivity contribution in [3.8, 4) is 0 Å². The second-order valence-corrected chi connectivity index (χ2v) is 6.62.